The van der Waals surface area contributed by atoms with Gasteiger partial charge in [-0.25, -0.2) is 0 Å². The van der Waals surface area contributed by atoms with Crippen LogP contribution < -0.4 is 0 Å². The second-order valence-electron chi connectivity index (χ2n) is 7.09. The van der Waals surface area contributed by atoms with Crippen molar-refractivity contribution >= 4 is 41.1 Å². The zero-order valence-electron chi connectivity index (χ0n) is 17.3. The highest BCUT2D eigenvalue weighted by Gasteiger charge is 2.05. The lowest BCUT2D eigenvalue weighted by Gasteiger charge is -2.03. The van der Waals surface area contributed by atoms with E-state index in [4.69, 9.17) is 0 Å². The van der Waals surface area contributed by atoms with E-state index in [1.54, 1.807) is 35.7 Å². The Hall–Kier alpha value is -3.35. The summed E-state index contributed by atoms with van der Waals surface area (Å²) in [7, 11) is 0. The van der Waals surface area contributed by atoms with Crippen LogP contribution in [0, 0.1) is 17.0 Å². The average molecular weight is 457 g/mol. The summed E-state index contributed by atoms with van der Waals surface area (Å²) in [5, 5.41) is 10.8. The number of non-ortho nitro benzene ring substituents is 1. The quantitative estimate of drug-likeness (QED) is 0.161. The van der Waals surface area contributed by atoms with Crippen molar-refractivity contribution in [3.8, 4) is 0 Å². The van der Waals surface area contributed by atoms with Crippen molar-refractivity contribution in [1.82, 2.24) is 0 Å². The maximum atomic E-state index is 10.8. The molecule has 0 atom stereocenters. The summed E-state index contributed by atoms with van der Waals surface area (Å²) in [5.74, 6) is 0. The molecule has 32 heavy (non-hydrogen) atoms. The fourth-order valence-corrected chi connectivity index (χ4v) is 4.52. The van der Waals surface area contributed by atoms with Gasteiger partial charge in [0.05, 0.1) is 10.6 Å². The van der Waals surface area contributed by atoms with Gasteiger partial charge < -0.3 is 0 Å². The number of hydrogen-bond acceptors (Lipinski definition) is 5. The number of nitro benzene ring substituents is 1. The minimum Gasteiger partial charge on any atom is -0.258 e. The van der Waals surface area contributed by atoms with E-state index in [1.807, 2.05) is 30.5 Å². The van der Waals surface area contributed by atoms with E-state index in [0.717, 1.165) is 21.0 Å². The van der Waals surface area contributed by atoms with Crippen LogP contribution in [0.25, 0.3) is 0 Å². The summed E-state index contributed by atoms with van der Waals surface area (Å²) < 4.78 is 0. The molecule has 0 fully saturated rings. The molecule has 0 saturated carbocycles. The number of aliphatic imine (C=N–C) groups is 1. The highest BCUT2D eigenvalue weighted by molar-refractivity contribution is 7.99. The lowest BCUT2D eigenvalue weighted by atomic mass is 10.2. The van der Waals surface area contributed by atoms with E-state index in [2.05, 4.69) is 60.4 Å². The van der Waals surface area contributed by atoms with Crippen molar-refractivity contribution in [3.63, 3.8) is 0 Å². The van der Waals surface area contributed by atoms with E-state index in [-0.39, 0.29) is 5.69 Å². The molecule has 4 aromatic carbocycles. The van der Waals surface area contributed by atoms with E-state index in [0.29, 0.717) is 0 Å². The SMILES string of the molecule is Cc1ccc(Sc2ccc(C=Nc3ccc(Sc4ccc([N+](=O)[O-])cc4)cc3)cc2)cc1. The van der Waals surface area contributed by atoms with Crippen LogP contribution in [0.3, 0.4) is 0 Å². The number of nitrogens with zero attached hydrogens (tertiary/aromatic N) is 2. The van der Waals surface area contributed by atoms with Crippen molar-refractivity contribution in [1.29, 1.82) is 0 Å². The number of hydrogen-bond donors (Lipinski definition) is 0. The zero-order valence-corrected chi connectivity index (χ0v) is 19.0. The van der Waals surface area contributed by atoms with Crippen molar-refractivity contribution in [2.75, 3.05) is 0 Å². The maximum Gasteiger partial charge on any atom is 0.269 e. The standard InChI is InChI=1S/C26H20N2O2S2/c1-19-2-10-23(11-3-19)31-24-12-4-20(5-13-24)18-27-21-6-14-25(15-7-21)32-26-16-8-22(9-17-26)28(29)30/h2-18H,1H3. The first-order chi connectivity index (χ1) is 15.5. The number of benzene rings is 4. The van der Waals surface area contributed by atoms with Crippen molar-refractivity contribution < 1.29 is 4.92 Å². The van der Waals surface area contributed by atoms with Crippen LogP contribution in [-0.2, 0) is 0 Å². The van der Waals surface area contributed by atoms with E-state index in [9.17, 15) is 10.1 Å². The molecule has 6 heteroatoms. The molecule has 0 aliphatic rings. The molecule has 0 radical (unpaired) electrons. The van der Waals surface area contributed by atoms with Crippen molar-refractivity contribution in [2.24, 2.45) is 4.99 Å². The predicted molar refractivity (Wildman–Crippen MR) is 133 cm³/mol. The van der Waals surface area contributed by atoms with Crippen molar-refractivity contribution in [3.05, 3.63) is 118 Å². The van der Waals surface area contributed by atoms with Gasteiger partial charge in [-0.1, -0.05) is 53.4 Å². The molecule has 0 bridgehead atoms. The highest BCUT2D eigenvalue weighted by atomic mass is 32.2. The van der Waals surface area contributed by atoms with Crippen LogP contribution in [0.1, 0.15) is 11.1 Å². The van der Waals surface area contributed by atoms with Crippen LogP contribution in [-0.4, -0.2) is 11.1 Å². The molecule has 0 saturated heterocycles. The van der Waals surface area contributed by atoms with Crippen LogP contribution >= 0.6 is 23.5 Å². The van der Waals surface area contributed by atoms with Gasteiger partial charge in [0.1, 0.15) is 0 Å². The molecule has 158 valence electrons. The van der Waals surface area contributed by atoms with E-state index < -0.39 is 4.92 Å². The molecular weight excluding hydrogens is 436 g/mol. The summed E-state index contributed by atoms with van der Waals surface area (Å²) in [4.78, 5) is 19.4. The fourth-order valence-electron chi connectivity index (χ4n) is 2.89. The first kappa shape index (κ1) is 21.9. The molecule has 4 aromatic rings. The lowest BCUT2D eigenvalue weighted by Crippen LogP contribution is -1.86. The molecule has 0 aromatic heterocycles. The molecule has 4 rings (SSSR count). The predicted octanol–water partition coefficient (Wildman–Crippen LogP) is 7.96. The Balaban J connectivity index is 1.35. The van der Waals surface area contributed by atoms with Crippen LogP contribution in [0.15, 0.2) is 122 Å². The van der Waals surface area contributed by atoms with Gasteiger partial charge in [-0.05, 0) is 73.2 Å². The summed E-state index contributed by atoms with van der Waals surface area (Å²) >= 11 is 3.30. The zero-order chi connectivity index (χ0) is 22.3. The second kappa shape index (κ2) is 10.3. The summed E-state index contributed by atoms with van der Waals surface area (Å²) in [6.45, 7) is 2.09. The number of nitro groups is 1. The van der Waals surface area contributed by atoms with Gasteiger partial charge in [0.25, 0.3) is 5.69 Å². The maximum absolute atomic E-state index is 10.8. The number of rotatable bonds is 7. The van der Waals surface area contributed by atoms with Gasteiger partial charge >= 0.3 is 0 Å². The average Bonchev–Trinajstić information content (AvgIpc) is 2.81. The Morgan fingerprint density at radius 1 is 0.688 bits per heavy atom. The largest absolute Gasteiger partial charge is 0.269 e. The Morgan fingerprint density at radius 3 is 1.62 bits per heavy atom. The third-order valence-electron chi connectivity index (χ3n) is 4.62. The molecule has 0 aliphatic heterocycles. The Kier molecular flexibility index (Phi) is 7.04. The second-order valence-corrected chi connectivity index (χ2v) is 9.38. The van der Waals surface area contributed by atoms with Crippen LogP contribution in [0.2, 0.25) is 0 Å². The molecule has 0 spiro atoms. The smallest absolute Gasteiger partial charge is 0.258 e. The van der Waals surface area contributed by atoms with E-state index in [1.165, 1.54) is 27.5 Å². The van der Waals surface area contributed by atoms with Gasteiger partial charge in [-0.3, -0.25) is 15.1 Å². The monoisotopic (exact) mass is 456 g/mol. The van der Waals surface area contributed by atoms with E-state index >= 15 is 0 Å². The van der Waals surface area contributed by atoms with Gasteiger partial charge in [-0.2, -0.15) is 0 Å². The minimum atomic E-state index is -0.391. The van der Waals surface area contributed by atoms with Crippen LogP contribution in [0.4, 0.5) is 11.4 Å². The van der Waals surface area contributed by atoms with Gasteiger partial charge in [0.2, 0.25) is 0 Å². The van der Waals surface area contributed by atoms with Gasteiger partial charge in [0.15, 0.2) is 0 Å². The molecule has 4 nitrogen and oxygen atoms in total. The summed E-state index contributed by atoms with van der Waals surface area (Å²) in [5.41, 5.74) is 3.28. The van der Waals surface area contributed by atoms with Gasteiger partial charge in [-0.15, -0.1) is 0 Å². The molecule has 0 unspecified atom stereocenters. The normalized spacial score (nSPS) is 11.0. The molecule has 0 N–H and O–H groups in total. The van der Waals surface area contributed by atoms with Gasteiger partial charge in [0, 0.05) is 37.9 Å². The summed E-state index contributed by atoms with van der Waals surface area (Å²) in [6, 6.07) is 31.4. The molecular formula is C26H20N2O2S2. The fraction of sp³-hybridized carbons (Fsp3) is 0.0385. The summed E-state index contributed by atoms with van der Waals surface area (Å²) in [6.07, 6.45) is 1.86. The highest BCUT2D eigenvalue weighted by Crippen LogP contribution is 2.30. The topological polar surface area (TPSA) is 55.5 Å². The molecule has 0 heterocycles. The third-order valence-corrected chi connectivity index (χ3v) is 6.65. The third kappa shape index (κ3) is 6.09. The van der Waals surface area contributed by atoms with Crippen LogP contribution in [0.5, 0.6) is 0 Å². The molecule has 0 aliphatic carbocycles. The minimum absolute atomic E-state index is 0.0980. The first-order valence-electron chi connectivity index (χ1n) is 9.96. The Morgan fingerprint density at radius 2 is 1.12 bits per heavy atom. The Labute approximate surface area is 195 Å². The lowest BCUT2D eigenvalue weighted by molar-refractivity contribution is -0.384. The molecule has 0 amide bonds. The number of aryl methyl sites for hydroxylation is 1. The first-order valence-corrected chi connectivity index (χ1v) is 11.6. The Bertz CT molecular complexity index is 1220. The van der Waals surface area contributed by atoms with Crippen molar-refractivity contribution in [2.45, 2.75) is 26.5 Å².